The zero-order valence-corrected chi connectivity index (χ0v) is 9.81. The highest BCUT2D eigenvalue weighted by Crippen LogP contribution is 2.18. The van der Waals surface area contributed by atoms with Crippen LogP contribution in [0.4, 0.5) is 11.4 Å². The number of primary amides is 2. The molecule has 18 heavy (non-hydrogen) atoms. The largest absolute Gasteiger partial charge is 0.399 e. The molecule has 7 nitrogen and oxygen atoms in total. The number of nitrogen functional groups attached to an aromatic ring is 1. The number of ether oxygens (including phenoxy) is 1. The molecule has 2 amide bonds. The second kappa shape index (κ2) is 6.45. The first-order valence-corrected chi connectivity index (χ1v) is 5.30. The minimum atomic E-state index is -0.546. The summed E-state index contributed by atoms with van der Waals surface area (Å²) in [4.78, 5) is 21.6. The summed E-state index contributed by atoms with van der Waals surface area (Å²) in [5.74, 6) is -1.08. The third-order valence-electron chi connectivity index (χ3n) is 2.12. The fourth-order valence-corrected chi connectivity index (χ4v) is 1.35. The lowest BCUT2D eigenvalue weighted by molar-refractivity contribution is -0.122. The van der Waals surface area contributed by atoms with Gasteiger partial charge in [-0.3, -0.25) is 9.59 Å². The average Bonchev–Trinajstić information content (AvgIpc) is 2.27. The number of nitrogens with two attached hydrogens (primary N) is 3. The Morgan fingerprint density at radius 3 is 2.61 bits per heavy atom. The maximum absolute atomic E-state index is 11.2. The van der Waals surface area contributed by atoms with E-state index >= 15 is 0 Å². The molecule has 0 atom stereocenters. The van der Waals surface area contributed by atoms with E-state index in [2.05, 4.69) is 5.32 Å². The lowest BCUT2D eigenvalue weighted by Crippen LogP contribution is -2.21. The number of hydrogen-bond donors (Lipinski definition) is 4. The molecule has 0 spiro atoms. The predicted octanol–water partition coefficient (Wildman–Crippen LogP) is -0.718. The van der Waals surface area contributed by atoms with Crippen molar-refractivity contribution in [2.24, 2.45) is 11.5 Å². The Morgan fingerprint density at radius 1 is 1.28 bits per heavy atom. The molecule has 0 aromatic heterocycles. The Kier molecular flexibility index (Phi) is 4.94. The summed E-state index contributed by atoms with van der Waals surface area (Å²) < 4.78 is 4.96. The molecule has 0 fully saturated rings. The van der Waals surface area contributed by atoms with Gasteiger partial charge in [-0.05, 0) is 18.2 Å². The van der Waals surface area contributed by atoms with Gasteiger partial charge >= 0.3 is 0 Å². The summed E-state index contributed by atoms with van der Waals surface area (Å²) in [5.41, 5.74) is 17.1. The molecule has 0 aliphatic heterocycles. The van der Waals surface area contributed by atoms with Crippen LogP contribution in [0.5, 0.6) is 0 Å². The van der Waals surface area contributed by atoms with Crippen LogP contribution in [0.2, 0.25) is 0 Å². The van der Waals surface area contributed by atoms with Crippen molar-refractivity contribution >= 4 is 23.2 Å². The van der Waals surface area contributed by atoms with E-state index in [9.17, 15) is 9.59 Å². The normalized spacial score (nSPS) is 10.0. The van der Waals surface area contributed by atoms with Crippen LogP contribution in [0.15, 0.2) is 18.2 Å². The molecular weight excluding hydrogens is 236 g/mol. The Balaban J connectivity index is 2.53. The van der Waals surface area contributed by atoms with Gasteiger partial charge in [-0.25, -0.2) is 0 Å². The second-order valence-corrected chi connectivity index (χ2v) is 3.61. The van der Waals surface area contributed by atoms with Gasteiger partial charge in [0, 0.05) is 17.9 Å². The second-order valence-electron chi connectivity index (χ2n) is 3.61. The van der Waals surface area contributed by atoms with E-state index in [0.717, 1.165) is 0 Å². The van der Waals surface area contributed by atoms with Crippen molar-refractivity contribution in [1.82, 2.24) is 0 Å². The number of nitrogens with one attached hydrogen (secondary N) is 1. The molecule has 0 heterocycles. The molecule has 0 aliphatic carbocycles. The fraction of sp³-hybridized carbons (Fsp3) is 0.273. The number of amides is 2. The van der Waals surface area contributed by atoms with E-state index < -0.39 is 11.8 Å². The predicted molar refractivity (Wildman–Crippen MR) is 67.9 cm³/mol. The van der Waals surface area contributed by atoms with Crippen molar-refractivity contribution in [3.63, 3.8) is 0 Å². The first-order chi connectivity index (χ1) is 8.50. The molecule has 0 saturated carbocycles. The number of carbonyl (C=O) groups excluding carboxylic acids is 2. The van der Waals surface area contributed by atoms with Gasteiger partial charge in [0.25, 0.3) is 5.91 Å². The zero-order chi connectivity index (χ0) is 13.5. The van der Waals surface area contributed by atoms with Gasteiger partial charge in [0.2, 0.25) is 5.91 Å². The third-order valence-corrected chi connectivity index (χ3v) is 2.12. The van der Waals surface area contributed by atoms with E-state index in [0.29, 0.717) is 23.5 Å². The van der Waals surface area contributed by atoms with Crippen LogP contribution in [0.1, 0.15) is 10.4 Å². The van der Waals surface area contributed by atoms with E-state index in [1.807, 2.05) is 0 Å². The standard InChI is InChI=1S/C11H16N4O3/c12-7-1-2-8(11(14)17)9(5-7)15-3-4-18-6-10(13)16/h1-2,5,15H,3-4,6,12H2,(H2,13,16)(H2,14,17). The van der Waals surface area contributed by atoms with Crippen LogP contribution < -0.4 is 22.5 Å². The molecule has 7 heteroatoms. The van der Waals surface area contributed by atoms with Crippen molar-refractivity contribution in [3.05, 3.63) is 23.8 Å². The van der Waals surface area contributed by atoms with Gasteiger partial charge in [0.1, 0.15) is 6.61 Å². The minimum Gasteiger partial charge on any atom is -0.399 e. The zero-order valence-electron chi connectivity index (χ0n) is 9.81. The first kappa shape index (κ1) is 13.8. The lowest BCUT2D eigenvalue weighted by atomic mass is 10.1. The third kappa shape index (κ3) is 4.30. The van der Waals surface area contributed by atoms with Gasteiger partial charge < -0.3 is 27.3 Å². The summed E-state index contributed by atoms with van der Waals surface area (Å²) in [6, 6.07) is 4.74. The quantitative estimate of drug-likeness (QED) is 0.375. The van der Waals surface area contributed by atoms with Crippen LogP contribution >= 0.6 is 0 Å². The highest BCUT2D eigenvalue weighted by atomic mass is 16.5. The molecule has 1 rings (SSSR count). The number of hydrogen-bond acceptors (Lipinski definition) is 5. The lowest BCUT2D eigenvalue weighted by Gasteiger charge is -2.10. The van der Waals surface area contributed by atoms with Crippen LogP contribution in [0.3, 0.4) is 0 Å². The van der Waals surface area contributed by atoms with Gasteiger partial charge in [-0.15, -0.1) is 0 Å². The van der Waals surface area contributed by atoms with Crippen LogP contribution in [0.25, 0.3) is 0 Å². The summed E-state index contributed by atoms with van der Waals surface area (Å²) in [6.45, 7) is 0.536. The Hall–Kier alpha value is -2.28. The smallest absolute Gasteiger partial charge is 0.250 e. The van der Waals surface area contributed by atoms with Gasteiger partial charge in [-0.1, -0.05) is 0 Å². The summed E-state index contributed by atoms with van der Waals surface area (Å²) in [6.07, 6.45) is 0. The number of benzene rings is 1. The molecule has 0 unspecified atom stereocenters. The molecule has 1 aromatic carbocycles. The van der Waals surface area contributed by atoms with E-state index in [1.165, 1.54) is 0 Å². The van der Waals surface area contributed by atoms with Crippen molar-refractivity contribution < 1.29 is 14.3 Å². The minimum absolute atomic E-state index is 0.138. The van der Waals surface area contributed by atoms with Crippen molar-refractivity contribution in [1.29, 1.82) is 0 Å². The molecule has 0 aliphatic rings. The van der Waals surface area contributed by atoms with E-state index in [-0.39, 0.29) is 13.2 Å². The number of carbonyl (C=O) groups is 2. The van der Waals surface area contributed by atoms with E-state index in [1.54, 1.807) is 18.2 Å². The topological polar surface area (TPSA) is 133 Å². The Labute approximate surface area is 104 Å². The Morgan fingerprint density at radius 2 is 2.00 bits per heavy atom. The highest BCUT2D eigenvalue weighted by Gasteiger charge is 2.07. The first-order valence-electron chi connectivity index (χ1n) is 5.30. The summed E-state index contributed by atoms with van der Waals surface area (Å²) >= 11 is 0. The molecule has 1 aromatic rings. The Bertz CT molecular complexity index is 448. The van der Waals surface area contributed by atoms with Gasteiger partial charge in [-0.2, -0.15) is 0 Å². The fourth-order valence-electron chi connectivity index (χ4n) is 1.35. The number of rotatable bonds is 7. The maximum atomic E-state index is 11.2. The maximum Gasteiger partial charge on any atom is 0.250 e. The van der Waals surface area contributed by atoms with Crippen molar-refractivity contribution in [2.75, 3.05) is 30.8 Å². The summed E-state index contributed by atoms with van der Waals surface area (Å²) in [7, 11) is 0. The molecular formula is C11H16N4O3. The van der Waals surface area contributed by atoms with Gasteiger partial charge in [0.05, 0.1) is 12.2 Å². The monoisotopic (exact) mass is 252 g/mol. The average molecular weight is 252 g/mol. The molecule has 7 N–H and O–H groups in total. The number of anilines is 2. The van der Waals surface area contributed by atoms with E-state index in [4.69, 9.17) is 21.9 Å². The molecule has 0 saturated heterocycles. The highest BCUT2D eigenvalue weighted by molar-refractivity contribution is 5.99. The van der Waals surface area contributed by atoms with Crippen LogP contribution in [0, 0.1) is 0 Å². The molecule has 0 radical (unpaired) electrons. The summed E-state index contributed by atoms with van der Waals surface area (Å²) in [5, 5.41) is 2.95. The van der Waals surface area contributed by atoms with Gasteiger partial charge in [0.15, 0.2) is 0 Å². The van der Waals surface area contributed by atoms with Crippen molar-refractivity contribution in [3.8, 4) is 0 Å². The molecule has 0 bridgehead atoms. The van der Waals surface area contributed by atoms with Crippen molar-refractivity contribution in [2.45, 2.75) is 0 Å². The SMILES string of the molecule is NC(=O)COCCNc1cc(N)ccc1C(N)=O. The van der Waals surface area contributed by atoms with Crippen LogP contribution in [-0.2, 0) is 9.53 Å². The van der Waals surface area contributed by atoms with Crippen LogP contribution in [-0.4, -0.2) is 31.6 Å². The molecule has 98 valence electrons.